The van der Waals surface area contributed by atoms with E-state index in [1.165, 1.54) is 39.9 Å². The first-order valence-corrected chi connectivity index (χ1v) is 13.7. The van der Waals surface area contributed by atoms with Crippen LogP contribution in [-0.4, -0.2) is 72.6 Å². The molecule has 0 amide bonds. The van der Waals surface area contributed by atoms with Crippen molar-refractivity contribution >= 4 is 37.2 Å². The molecule has 1 saturated heterocycles. The van der Waals surface area contributed by atoms with Gasteiger partial charge in [-0.3, -0.25) is 4.79 Å². The Morgan fingerprint density at radius 2 is 1.77 bits per heavy atom. The van der Waals surface area contributed by atoms with Gasteiger partial charge in [-0.2, -0.15) is 4.31 Å². The van der Waals surface area contributed by atoms with Crippen molar-refractivity contribution in [1.29, 1.82) is 0 Å². The first kappa shape index (κ1) is 23.8. The van der Waals surface area contributed by atoms with Crippen LogP contribution >= 0.6 is 11.3 Å². The molecule has 1 aliphatic rings. The SMILES string of the molecule is CS(=O)(=O)NCCc1ccc(C(=O)COc2ccc(S(=O)(=O)N3CCOCC3)cc2)s1. The lowest BCUT2D eigenvalue weighted by Gasteiger charge is -2.26. The number of Topliss-reactive ketones (excluding diaryl/α,β-unsaturated/α-hetero) is 1. The third-order valence-electron chi connectivity index (χ3n) is 4.47. The monoisotopic (exact) mass is 488 g/mol. The molecule has 1 aliphatic heterocycles. The fraction of sp³-hybridized carbons (Fsp3) is 0.421. The van der Waals surface area contributed by atoms with E-state index in [0.717, 1.165) is 11.1 Å². The van der Waals surface area contributed by atoms with Crippen LogP contribution in [0, 0.1) is 0 Å². The maximum atomic E-state index is 12.6. The van der Waals surface area contributed by atoms with E-state index in [1.807, 2.05) is 0 Å². The third kappa shape index (κ3) is 6.82. The number of thiophene rings is 1. The highest BCUT2D eigenvalue weighted by Crippen LogP contribution is 2.22. The predicted octanol–water partition coefficient (Wildman–Crippen LogP) is 1.12. The van der Waals surface area contributed by atoms with Gasteiger partial charge in [0.05, 0.1) is 29.2 Å². The summed E-state index contributed by atoms with van der Waals surface area (Å²) in [5.74, 6) is 0.181. The minimum absolute atomic E-state index is 0.165. The predicted molar refractivity (Wildman–Crippen MR) is 117 cm³/mol. The van der Waals surface area contributed by atoms with Gasteiger partial charge < -0.3 is 9.47 Å². The van der Waals surface area contributed by atoms with Crippen molar-refractivity contribution < 1.29 is 31.1 Å². The molecule has 2 aromatic rings. The molecule has 0 aliphatic carbocycles. The first-order chi connectivity index (χ1) is 14.6. The summed E-state index contributed by atoms with van der Waals surface area (Å²) in [4.78, 5) is 13.9. The second-order valence-electron chi connectivity index (χ2n) is 6.88. The zero-order valence-electron chi connectivity index (χ0n) is 16.9. The van der Waals surface area contributed by atoms with Gasteiger partial charge in [-0.25, -0.2) is 21.6 Å². The molecule has 1 fully saturated rings. The molecule has 1 aromatic heterocycles. The second kappa shape index (κ2) is 10.2. The van der Waals surface area contributed by atoms with E-state index in [-0.39, 0.29) is 23.8 Å². The van der Waals surface area contributed by atoms with E-state index in [2.05, 4.69) is 4.72 Å². The molecule has 12 heteroatoms. The van der Waals surface area contributed by atoms with Gasteiger partial charge in [0.15, 0.2) is 6.61 Å². The zero-order chi connectivity index (χ0) is 22.5. The quantitative estimate of drug-likeness (QED) is 0.498. The fourth-order valence-electron chi connectivity index (χ4n) is 2.89. The van der Waals surface area contributed by atoms with Gasteiger partial charge in [0, 0.05) is 24.5 Å². The van der Waals surface area contributed by atoms with Gasteiger partial charge in [0.25, 0.3) is 0 Å². The molecular weight excluding hydrogens is 464 g/mol. The van der Waals surface area contributed by atoms with Crippen molar-refractivity contribution in [2.24, 2.45) is 0 Å². The number of hydrogen-bond acceptors (Lipinski definition) is 8. The molecule has 9 nitrogen and oxygen atoms in total. The Labute approximate surface area is 186 Å². The molecule has 1 aromatic carbocycles. The topological polar surface area (TPSA) is 119 Å². The highest BCUT2D eigenvalue weighted by Gasteiger charge is 2.26. The number of morpholine rings is 1. The Morgan fingerprint density at radius 1 is 1.10 bits per heavy atom. The van der Waals surface area contributed by atoms with Crippen molar-refractivity contribution in [3.8, 4) is 5.75 Å². The van der Waals surface area contributed by atoms with Crippen molar-refractivity contribution in [1.82, 2.24) is 9.03 Å². The summed E-state index contributed by atoms with van der Waals surface area (Å²) < 4.78 is 61.9. The number of rotatable bonds is 10. The highest BCUT2D eigenvalue weighted by molar-refractivity contribution is 7.89. The van der Waals surface area contributed by atoms with Crippen LogP contribution in [0.4, 0.5) is 0 Å². The number of sulfonamides is 2. The van der Waals surface area contributed by atoms with E-state index >= 15 is 0 Å². The summed E-state index contributed by atoms with van der Waals surface area (Å²) in [6.07, 6.45) is 1.59. The lowest BCUT2D eigenvalue weighted by Crippen LogP contribution is -2.40. The maximum Gasteiger partial charge on any atom is 0.243 e. The summed E-state index contributed by atoms with van der Waals surface area (Å²) in [6.45, 7) is 1.48. The number of nitrogens with one attached hydrogen (secondary N) is 1. The van der Waals surface area contributed by atoms with Gasteiger partial charge in [-0.05, 0) is 42.8 Å². The standard InChI is InChI=1S/C19H24N2O7S3/c1-30(23,24)20-9-8-16-4-7-19(29-16)18(22)14-28-15-2-5-17(6-3-15)31(25,26)21-10-12-27-13-11-21/h2-7,20H,8-14H2,1H3. The summed E-state index contributed by atoms with van der Waals surface area (Å²) in [6, 6.07) is 9.44. The van der Waals surface area contributed by atoms with Crippen LogP contribution in [0.3, 0.4) is 0 Å². The Morgan fingerprint density at radius 3 is 2.42 bits per heavy atom. The van der Waals surface area contributed by atoms with Crippen LogP contribution in [0.25, 0.3) is 0 Å². The van der Waals surface area contributed by atoms with E-state index in [1.54, 1.807) is 12.1 Å². The molecule has 31 heavy (non-hydrogen) atoms. The van der Waals surface area contributed by atoms with Crippen LogP contribution < -0.4 is 9.46 Å². The summed E-state index contributed by atoms with van der Waals surface area (Å²) in [5.41, 5.74) is 0. The molecule has 0 bridgehead atoms. The van der Waals surface area contributed by atoms with E-state index in [0.29, 0.717) is 43.4 Å². The minimum Gasteiger partial charge on any atom is -0.485 e. The number of ether oxygens (including phenoxy) is 2. The maximum absolute atomic E-state index is 12.6. The van der Waals surface area contributed by atoms with Gasteiger partial charge in [-0.1, -0.05) is 0 Å². The Hall–Kier alpha value is -1.83. The molecule has 3 rings (SSSR count). The van der Waals surface area contributed by atoms with E-state index < -0.39 is 20.0 Å². The van der Waals surface area contributed by atoms with Crippen LogP contribution in [-0.2, 0) is 31.2 Å². The number of ketones is 1. The Balaban J connectivity index is 1.52. The average Bonchev–Trinajstić information content (AvgIpc) is 3.21. The molecule has 0 radical (unpaired) electrons. The molecule has 1 N–H and O–H groups in total. The summed E-state index contributed by atoms with van der Waals surface area (Å²) >= 11 is 1.29. The smallest absolute Gasteiger partial charge is 0.243 e. The lowest BCUT2D eigenvalue weighted by atomic mass is 10.3. The Bertz CT molecular complexity index is 1100. The van der Waals surface area contributed by atoms with Crippen molar-refractivity contribution in [2.45, 2.75) is 11.3 Å². The number of carbonyl (C=O) groups excluding carboxylic acids is 1. The van der Waals surface area contributed by atoms with Gasteiger partial charge in [-0.15, -0.1) is 11.3 Å². The summed E-state index contributed by atoms with van der Waals surface area (Å²) in [7, 11) is -6.82. The van der Waals surface area contributed by atoms with E-state index in [4.69, 9.17) is 9.47 Å². The van der Waals surface area contributed by atoms with Crippen molar-refractivity contribution in [3.05, 3.63) is 46.2 Å². The minimum atomic E-state index is -3.58. The van der Waals surface area contributed by atoms with Gasteiger partial charge >= 0.3 is 0 Å². The van der Waals surface area contributed by atoms with Crippen LogP contribution in [0.2, 0.25) is 0 Å². The first-order valence-electron chi connectivity index (χ1n) is 9.52. The number of carbonyl (C=O) groups is 1. The molecule has 0 spiro atoms. The number of nitrogens with zero attached hydrogens (tertiary/aromatic N) is 1. The molecule has 0 atom stereocenters. The molecule has 0 unspecified atom stereocenters. The second-order valence-corrected chi connectivity index (χ2v) is 11.8. The normalized spacial score (nSPS) is 15.6. The molecular formula is C19H24N2O7S3. The van der Waals surface area contributed by atoms with Crippen LogP contribution in [0.5, 0.6) is 5.75 Å². The highest BCUT2D eigenvalue weighted by atomic mass is 32.2. The van der Waals surface area contributed by atoms with E-state index in [9.17, 15) is 21.6 Å². The average molecular weight is 489 g/mol. The molecule has 170 valence electrons. The third-order valence-corrected chi connectivity index (χ3v) is 8.30. The van der Waals surface area contributed by atoms with Crippen molar-refractivity contribution in [2.75, 3.05) is 45.7 Å². The van der Waals surface area contributed by atoms with Crippen molar-refractivity contribution in [3.63, 3.8) is 0 Å². The number of benzene rings is 1. The Kier molecular flexibility index (Phi) is 7.83. The van der Waals surface area contributed by atoms with Crippen LogP contribution in [0.15, 0.2) is 41.3 Å². The molecule has 0 saturated carbocycles. The fourth-order valence-corrected chi connectivity index (χ4v) is 5.70. The summed E-state index contributed by atoms with van der Waals surface area (Å²) in [5, 5.41) is 0. The van der Waals surface area contributed by atoms with Gasteiger partial charge in [0.2, 0.25) is 25.8 Å². The number of hydrogen-bond donors (Lipinski definition) is 1. The molecule has 2 heterocycles. The van der Waals surface area contributed by atoms with Gasteiger partial charge in [0.1, 0.15) is 5.75 Å². The lowest BCUT2D eigenvalue weighted by molar-refractivity contribution is 0.0730. The zero-order valence-corrected chi connectivity index (χ0v) is 19.4. The van der Waals surface area contributed by atoms with Crippen LogP contribution in [0.1, 0.15) is 14.5 Å². The largest absolute Gasteiger partial charge is 0.485 e.